The summed E-state index contributed by atoms with van der Waals surface area (Å²) in [7, 11) is 0. The van der Waals surface area contributed by atoms with E-state index in [-0.39, 0.29) is 23.4 Å². The molecule has 10 heteroatoms. The highest BCUT2D eigenvalue weighted by Crippen LogP contribution is 2.23. The van der Waals surface area contributed by atoms with Crippen LogP contribution in [0.4, 0.5) is 11.5 Å². The first-order chi connectivity index (χ1) is 15.0. The van der Waals surface area contributed by atoms with Crippen LogP contribution in [-0.2, 0) is 9.59 Å². The van der Waals surface area contributed by atoms with Gasteiger partial charge in [0.25, 0.3) is 17.6 Å². The number of carbonyl (C=O) groups excluding carboxylic acids is 3. The van der Waals surface area contributed by atoms with Crippen molar-refractivity contribution in [3.8, 4) is 0 Å². The number of hydrogen-bond donors (Lipinski definition) is 2. The zero-order valence-corrected chi connectivity index (χ0v) is 17.6. The van der Waals surface area contributed by atoms with Crippen LogP contribution in [0.1, 0.15) is 16.8 Å². The maximum atomic E-state index is 12.9. The van der Waals surface area contributed by atoms with Crippen LogP contribution in [0.3, 0.4) is 0 Å². The van der Waals surface area contributed by atoms with E-state index in [4.69, 9.17) is 5.73 Å². The molecule has 0 aliphatic carbocycles. The van der Waals surface area contributed by atoms with Crippen molar-refractivity contribution in [1.29, 1.82) is 0 Å². The van der Waals surface area contributed by atoms with Gasteiger partial charge in [0.2, 0.25) is 5.91 Å². The van der Waals surface area contributed by atoms with E-state index in [9.17, 15) is 14.4 Å². The summed E-state index contributed by atoms with van der Waals surface area (Å²) in [5, 5.41) is 2.34. The lowest BCUT2D eigenvalue weighted by Crippen LogP contribution is -2.50. The molecule has 2 aliphatic heterocycles. The van der Waals surface area contributed by atoms with E-state index in [1.165, 1.54) is 0 Å². The quantitative estimate of drug-likeness (QED) is 0.709. The number of nitrogens with zero attached hydrogens (tertiary/aromatic N) is 3. The molecule has 1 aromatic heterocycles. The van der Waals surface area contributed by atoms with E-state index in [0.29, 0.717) is 24.3 Å². The minimum Gasteiger partial charge on any atom is -0.378 e. The highest BCUT2D eigenvalue weighted by atomic mass is 32.2. The molecule has 160 valence electrons. The second-order valence-electron chi connectivity index (χ2n) is 7.25. The van der Waals surface area contributed by atoms with Gasteiger partial charge in [0.1, 0.15) is 18.3 Å². The molecular formula is C21H23N6O3S+. The number of amidine groups is 1. The Kier molecular flexibility index (Phi) is 6.17. The minimum atomic E-state index is -0.594. The maximum absolute atomic E-state index is 12.9. The molecule has 4 N–H and O–H groups in total. The molecule has 1 saturated heterocycles. The average molecular weight is 440 g/mol. The predicted molar refractivity (Wildman–Crippen MR) is 119 cm³/mol. The van der Waals surface area contributed by atoms with Crippen molar-refractivity contribution in [2.75, 3.05) is 36.4 Å². The second kappa shape index (κ2) is 9.17. The molecule has 2 aromatic rings. The van der Waals surface area contributed by atoms with E-state index in [0.717, 1.165) is 30.7 Å². The van der Waals surface area contributed by atoms with Crippen molar-refractivity contribution in [3.05, 3.63) is 54.2 Å². The first-order valence-corrected chi connectivity index (χ1v) is 10.8. The topological polar surface area (TPSA) is 122 Å². The van der Waals surface area contributed by atoms with Gasteiger partial charge >= 0.3 is 0 Å². The molecule has 1 aromatic carbocycles. The fraction of sp³-hybridized carbons (Fsp3) is 0.286. The van der Waals surface area contributed by atoms with Gasteiger partial charge in [-0.3, -0.25) is 19.3 Å². The molecule has 4 rings (SSSR count). The number of benzene rings is 1. The molecule has 3 heterocycles. The number of thioether (sulfide) groups is 1. The summed E-state index contributed by atoms with van der Waals surface area (Å²) in [6.07, 6.45) is 1.86. The van der Waals surface area contributed by atoms with Crippen LogP contribution in [-0.4, -0.2) is 59.2 Å². The number of anilines is 2. The fourth-order valence-corrected chi connectivity index (χ4v) is 4.38. The number of piperazine rings is 1. The van der Waals surface area contributed by atoms with Gasteiger partial charge in [-0.05, 0) is 24.3 Å². The molecule has 1 fully saturated rings. The van der Waals surface area contributed by atoms with Gasteiger partial charge in [-0.25, -0.2) is 4.98 Å². The third kappa shape index (κ3) is 5.02. The molecule has 3 amide bonds. The van der Waals surface area contributed by atoms with Gasteiger partial charge in [0, 0.05) is 23.7 Å². The Morgan fingerprint density at radius 3 is 2.65 bits per heavy atom. The van der Waals surface area contributed by atoms with Crippen molar-refractivity contribution in [3.63, 3.8) is 0 Å². The average Bonchev–Trinajstić information content (AvgIpc) is 3.10. The number of pyridine rings is 1. The summed E-state index contributed by atoms with van der Waals surface area (Å²) in [5.74, 6) is 0.239. The van der Waals surface area contributed by atoms with E-state index < -0.39 is 11.2 Å². The number of rotatable bonds is 5. The summed E-state index contributed by atoms with van der Waals surface area (Å²) < 4.78 is 0. The molecule has 31 heavy (non-hydrogen) atoms. The van der Waals surface area contributed by atoms with Crippen molar-refractivity contribution in [2.45, 2.75) is 11.7 Å². The second-order valence-corrected chi connectivity index (χ2v) is 8.48. The van der Waals surface area contributed by atoms with Crippen molar-refractivity contribution in [2.24, 2.45) is 10.7 Å². The van der Waals surface area contributed by atoms with Gasteiger partial charge in [-0.2, -0.15) is 4.99 Å². The number of amides is 3. The summed E-state index contributed by atoms with van der Waals surface area (Å²) in [6.45, 7) is 2.70. The van der Waals surface area contributed by atoms with E-state index in [1.807, 2.05) is 29.3 Å². The third-order valence-electron chi connectivity index (χ3n) is 5.12. The molecule has 9 nitrogen and oxygen atoms in total. The third-order valence-corrected chi connectivity index (χ3v) is 6.11. The van der Waals surface area contributed by atoms with E-state index in [1.54, 1.807) is 24.3 Å². The lowest BCUT2D eigenvalue weighted by molar-refractivity contribution is -0.364. The lowest BCUT2D eigenvalue weighted by Gasteiger charge is -2.31. The Balaban J connectivity index is 1.33. The Bertz CT molecular complexity index is 1020. The zero-order valence-electron chi connectivity index (χ0n) is 16.8. The Morgan fingerprint density at radius 1 is 1.16 bits per heavy atom. The largest absolute Gasteiger partial charge is 0.378 e. The number of aromatic amines is 1. The van der Waals surface area contributed by atoms with Gasteiger partial charge < -0.3 is 16.0 Å². The SMILES string of the molecule is NC1=NC(=O)[C@H](CC(=O)Nc2cccc(C(=O)N3CCN(c4cccc[nH+]4)CC3)c2)S1. The monoisotopic (exact) mass is 439 g/mol. The number of carbonyl (C=O) groups is 3. The summed E-state index contributed by atoms with van der Waals surface area (Å²) in [6, 6.07) is 12.8. The number of nitrogens with one attached hydrogen (secondary N) is 2. The Labute approximate surface area is 183 Å². The minimum absolute atomic E-state index is 0.0235. The number of nitrogens with two attached hydrogens (primary N) is 1. The van der Waals surface area contributed by atoms with Crippen molar-refractivity contribution < 1.29 is 19.4 Å². The predicted octanol–water partition coefficient (Wildman–Crippen LogP) is 0.748. The fourth-order valence-electron chi connectivity index (χ4n) is 3.56. The van der Waals surface area contributed by atoms with Crippen LogP contribution < -0.4 is 20.9 Å². The van der Waals surface area contributed by atoms with Crippen molar-refractivity contribution in [1.82, 2.24) is 4.90 Å². The number of hydrogen-bond acceptors (Lipinski definition) is 6. The number of H-pyrrole nitrogens is 1. The standard InChI is InChI=1S/C21H22N6O3S/c22-21-25-19(29)16(31-21)13-18(28)24-15-5-3-4-14(12-15)20(30)27-10-8-26(9-11-27)17-6-1-2-7-23-17/h1-7,12,16H,8-11,13H2,(H,24,28)(H2,22,25,29)/p+1/t16-/m0/s1. The lowest BCUT2D eigenvalue weighted by atomic mass is 10.1. The van der Waals surface area contributed by atoms with Crippen LogP contribution in [0.5, 0.6) is 0 Å². The molecule has 0 spiro atoms. The smallest absolute Gasteiger partial charge is 0.274 e. The highest BCUT2D eigenvalue weighted by molar-refractivity contribution is 8.15. The van der Waals surface area contributed by atoms with E-state index in [2.05, 4.69) is 20.2 Å². The highest BCUT2D eigenvalue weighted by Gasteiger charge is 2.29. The van der Waals surface area contributed by atoms with Crippen molar-refractivity contribution >= 4 is 46.2 Å². The maximum Gasteiger partial charge on any atom is 0.274 e. The van der Waals surface area contributed by atoms with Gasteiger partial charge in [-0.1, -0.05) is 23.9 Å². The summed E-state index contributed by atoms with van der Waals surface area (Å²) >= 11 is 1.09. The zero-order chi connectivity index (χ0) is 21.8. The Hall–Kier alpha value is -3.40. The van der Waals surface area contributed by atoms with Crippen LogP contribution in [0.15, 0.2) is 53.7 Å². The van der Waals surface area contributed by atoms with Crippen LogP contribution in [0, 0.1) is 0 Å². The molecule has 0 unspecified atom stereocenters. The molecule has 2 aliphatic rings. The van der Waals surface area contributed by atoms with Gasteiger partial charge in [-0.15, -0.1) is 0 Å². The van der Waals surface area contributed by atoms with Crippen LogP contribution in [0.2, 0.25) is 0 Å². The molecule has 0 saturated carbocycles. The molecule has 0 radical (unpaired) electrons. The molecular weight excluding hydrogens is 416 g/mol. The normalized spacial score (nSPS) is 18.6. The van der Waals surface area contributed by atoms with Gasteiger partial charge in [0.15, 0.2) is 5.17 Å². The molecule has 1 atom stereocenters. The number of aromatic nitrogens is 1. The van der Waals surface area contributed by atoms with Crippen LogP contribution >= 0.6 is 11.8 Å². The van der Waals surface area contributed by atoms with Crippen LogP contribution in [0.25, 0.3) is 0 Å². The first-order valence-electron chi connectivity index (χ1n) is 9.95. The summed E-state index contributed by atoms with van der Waals surface area (Å²) in [5.41, 5.74) is 6.55. The molecule has 0 bridgehead atoms. The number of aliphatic imine (C=N–C) groups is 1. The summed E-state index contributed by atoms with van der Waals surface area (Å²) in [4.78, 5) is 47.8. The first kappa shape index (κ1) is 20.9. The van der Waals surface area contributed by atoms with Gasteiger partial charge in [0.05, 0.1) is 19.3 Å². The van der Waals surface area contributed by atoms with E-state index >= 15 is 0 Å². The Morgan fingerprint density at radius 2 is 1.97 bits per heavy atom.